The minimum atomic E-state index is -0.142. The zero-order valence-electron chi connectivity index (χ0n) is 17.8. The van der Waals surface area contributed by atoms with E-state index >= 15 is 0 Å². The standard InChI is InChI=1S/C23H25N7O/c1-14-11-15(2)30-13-20(26-23(30)24-14)21-25-19-6-5-17(12-18(19)22(31)27-21)29-9-7-28(8-10-29)16-3-4-16/h5-6,11-13,16H,3-4,7-10H2,1-2H3,(H,25,27,31). The number of anilines is 1. The Balaban J connectivity index is 1.33. The molecule has 1 aromatic carbocycles. The average Bonchev–Trinajstić information content (AvgIpc) is 3.52. The Hall–Kier alpha value is -3.26. The first-order chi connectivity index (χ1) is 15.0. The molecule has 2 aliphatic rings. The second-order valence-corrected chi connectivity index (χ2v) is 8.71. The Morgan fingerprint density at radius 3 is 2.58 bits per heavy atom. The van der Waals surface area contributed by atoms with E-state index < -0.39 is 0 Å². The Bertz CT molecular complexity index is 1360. The molecule has 1 saturated carbocycles. The van der Waals surface area contributed by atoms with E-state index in [9.17, 15) is 4.79 Å². The largest absolute Gasteiger partial charge is 0.369 e. The van der Waals surface area contributed by atoms with Gasteiger partial charge in [-0.25, -0.2) is 15.0 Å². The molecule has 0 unspecified atom stereocenters. The highest BCUT2D eigenvalue weighted by molar-refractivity contribution is 5.83. The van der Waals surface area contributed by atoms with Gasteiger partial charge in [0, 0.05) is 55.5 Å². The van der Waals surface area contributed by atoms with Gasteiger partial charge in [0.2, 0.25) is 5.78 Å². The summed E-state index contributed by atoms with van der Waals surface area (Å²) in [6.07, 6.45) is 4.57. The predicted octanol–water partition coefficient (Wildman–Crippen LogP) is 2.53. The van der Waals surface area contributed by atoms with E-state index in [2.05, 4.69) is 30.8 Å². The molecule has 4 heterocycles. The number of hydrogen-bond donors (Lipinski definition) is 1. The highest BCUT2D eigenvalue weighted by Crippen LogP contribution is 2.29. The summed E-state index contributed by atoms with van der Waals surface area (Å²) in [5.41, 5.74) is 4.18. The molecule has 0 atom stereocenters. The summed E-state index contributed by atoms with van der Waals surface area (Å²) >= 11 is 0. The lowest BCUT2D eigenvalue weighted by atomic mass is 10.2. The lowest BCUT2D eigenvalue weighted by Crippen LogP contribution is -2.47. The van der Waals surface area contributed by atoms with Gasteiger partial charge >= 0.3 is 0 Å². The monoisotopic (exact) mass is 415 g/mol. The number of piperazine rings is 1. The van der Waals surface area contributed by atoms with Crippen LogP contribution < -0.4 is 10.5 Å². The van der Waals surface area contributed by atoms with Crippen molar-refractivity contribution in [3.63, 3.8) is 0 Å². The molecular formula is C23H25N7O. The molecule has 0 bridgehead atoms. The van der Waals surface area contributed by atoms with Crippen LogP contribution >= 0.6 is 0 Å². The second-order valence-electron chi connectivity index (χ2n) is 8.71. The first-order valence-corrected chi connectivity index (χ1v) is 10.9. The van der Waals surface area contributed by atoms with E-state index in [1.54, 1.807) is 0 Å². The topological polar surface area (TPSA) is 82.4 Å². The fraction of sp³-hybridized carbons (Fsp3) is 0.391. The summed E-state index contributed by atoms with van der Waals surface area (Å²) < 4.78 is 1.91. The number of H-pyrrole nitrogens is 1. The molecule has 8 nitrogen and oxygen atoms in total. The molecule has 1 N–H and O–H groups in total. The van der Waals surface area contributed by atoms with Crippen LogP contribution in [0.3, 0.4) is 0 Å². The highest BCUT2D eigenvalue weighted by atomic mass is 16.1. The van der Waals surface area contributed by atoms with E-state index in [0.29, 0.717) is 28.2 Å². The number of fused-ring (bicyclic) bond motifs is 2. The van der Waals surface area contributed by atoms with Crippen LogP contribution in [0.25, 0.3) is 28.2 Å². The van der Waals surface area contributed by atoms with Gasteiger partial charge in [-0.1, -0.05) is 0 Å². The maximum atomic E-state index is 12.9. The lowest BCUT2D eigenvalue weighted by Gasteiger charge is -2.36. The van der Waals surface area contributed by atoms with Crippen molar-refractivity contribution in [3.05, 3.63) is 52.2 Å². The van der Waals surface area contributed by atoms with Crippen molar-refractivity contribution in [2.45, 2.75) is 32.7 Å². The molecule has 158 valence electrons. The summed E-state index contributed by atoms with van der Waals surface area (Å²) in [6, 6.07) is 8.80. The zero-order valence-corrected chi connectivity index (χ0v) is 17.8. The number of aromatic amines is 1. The van der Waals surface area contributed by atoms with Gasteiger partial charge in [0.1, 0.15) is 5.69 Å². The third-order valence-corrected chi connectivity index (χ3v) is 6.44. The fourth-order valence-corrected chi connectivity index (χ4v) is 4.61. The number of imidazole rings is 1. The Labute approximate surface area is 179 Å². The Kier molecular flexibility index (Phi) is 4.11. The third-order valence-electron chi connectivity index (χ3n) is 6.44. The molecule has 6 rings (SSSR count). The minimum absolute atomic E-state index is 0.142. The lowest BCUT2D eigenvalue weighted by molar-refractivity contribution is 0.248. The molecule has 31 heavy (non-hydrogen) atoms. The Morgan fingerprint density at radius 1 is 1.00 bits per heavy atom. The van der Waals surface area contributed by atoms with Crippen LogP contribution in [0.15, 0.2) is 35.3 Å². The quantitative estimate of drug-likeness (QED) is 0.554. The van der Waals surface area contributed by atoms with Crippen molar-refractivity contribution in [1.29, 1.82) is 0 Å². The van der Waals surface area contributed by atoms with Gasteiger partial charge < -0.3 is 9.88 Å². The Morgan fingerprint density at radius 2 is 1.81 bits per heavy atom. The van der Waals surface area contributed by atoms with E-state index in [4.69, 9.17) is 4.98 Å². The molecule has 1 aliphatic carbocycles. The van der Waals surface area contributed by atoms with Gasteiger partial charge in [-0.2, -0.15) is 0 Å². The van der Waals surface area contributed by atoms with Gasteiger partial charge in [-0.3, -0.25) is 14.1 Å². The number of benzene rings is 1. The smallest absolute Gasteiger partial charge is 0.259 e. The van der Waals surface area contributed by atoms with Crippen LogP contribution in [0.2, 0.25) is 0 Å². The van der Waals surface area contributed by atoms with Gasteiger partial charge in [-0.15, -0.1) is 0 Å². The molecule has 2 fully saturated rings. The van der Waals surface area contributed by atoms with Crippen LogP contribution in [-0.4, -0.2) is 61.5 Å². The highest BCUT2D eigenvalue weighted by Gasteiger charge is 2.31. The number of aryl methyl sites for hydroxylation is 2. The summed E-state index contributed by atoms with van der Waals surface area (Å²) in [4.78, 5) is 34.5. The second kappa shape index (κ2) is 6.88. The van der Waals surface area contributed by atoms with Crippen molar-refractivity contribution >= 4 is 22.4 Å². The summed E-state index contributed by atoms with van der Waals surface area (Å²) in [6.45, 7) is 8.14. The van der Waals surface area contributed by atoms with Crippen molar-refractivity contribution < 1.29 is 0 Å². The van der Waals surface area contributed by atoms with Crippen LogP contribution in [0.5, 0.6) is 0 Å². The maximum Gasteiger partial charge on any atom is 0.259 e. The van der Waals surface area contributed by atoms with Gasteiger partial charge in [0.25, 0.3) is 5.56 Å². The van der Waals surface area contributed by atoms with E-state index in [0.717, 1.165) is 49.3 Å². The molecular weight excluding hydrogens is 390 g/mol. The molecule has 0 spiro atoms. The minimum Gasteiger partial charge on any atom is -0.369 e. The molecule has 4 aromatic rings. The molecule has 1 saturated heterocycles. The van der Waals surface area contributed by atoms with Gasteiger partial charge in [0.05, 0.1) is 10.9 Å². The fourth-order valence-electron chi connectivity index (χ4n) is 4.61. The first-order valence-electron chi connectivity index (χ1n) is 10.9. The maximum absolute atomic E-state index is 12.9. The third kappa shape index (κ3) is 3.27. The van der Waals surface area contributed by atoms with Crippen molar-refractivity contribution in [2.24, 2.45) is 0 Å². The van der Waals surface area contributed by atoms with Crippen molar-refractivity contribution in [2.75, 3.05) is 31.1 Å². The molecule has 0 radical (unpaired) electrons. The SMILES string of the molecule is Cc1cc(C)n2cc(-c3nc4ccc(N5CCN(C6CC6)CC5)cc4c(=O)[nH]3)nc2n1. The summed E-state index contributed by atoms with van der Waals surface area (Å²) in [5.74, 6) is 1.07. The normalized spacial score (nSPS) is 17.7. The van der Waals surface area contributed by atoms with Gasteiger partial charge in [0.15, 0.2) is 5.82 Å². The number of nitrogens with one attached hydrogen (secondary N) is 1. The summed E-state index contributed by atoms with van der Waals surface area (Å²) in [5, 5.41) is 0.611. The van der Waals surface area contributed by atoms with Crippen molar-refractivity contribution in [3.8, 4) is 11.5 Å². The number of hydrogen-bond acceptors (Lipinski definition) is 6. The average molecular weight is 416 g/mol. The number of aromatic nitrogens is 5. The summed E-state index contributed by atoms with van der Waals surface area (Å²) in [7, 11) is 0. The van der Waals surface area contributed by atoms with Crippen LogP contribution in [0, 0.1) is 13.8 Å². The van der Waals surface area contributed by atoms with Crippen LogP contribution in [0.1, 0.15) is 24.2 Å². The zero-order chi connectivity index (χ0) is 21.1. The molecule has 1 aliphatic heterocycles. The van der Waals surface area contributed by atoms with Crippen LogP contribution in [-0.2, 0) is 0 Å². The molecule has 8 heteroatoms. The number of nitrogens with zero attached hydrogens (tertiary/aromatic N) is 6. The molecule has 3 aromatic heterocycles. The first kappa shape index (κ1) is 18.5. The van der Waals surface area contributed by atoms with E-state index in [1.165, 1.54) is 12.8 Å². The van der Waals surface area contributed by atoms with Crippen molar-refractivity contribution in [1.82, 2.24) is 29.2 Å². The predicted molar refractivity (Wildman–Crippen MR) is 121 cm³/mol. The van der Waals surface area contributed by atoms with E-state index in [1.807, 2.05) is 42.6 Å². The van der Waals surface area contributed by atoms with E-state index in [-0.39, 0.29) is 5.56 Å². The van der Waals surface area contributed by atoms with Crippen LogP contribution in [0.4, 0.5) is 5.69 Å². The van der Waals surface area contributed by atoms with Gasteiger partial charge in [-0.05, 0) is 51.0 Å². The number of rotatable bonds is 3. The molecule has 0 amide bonds.